The summed E-state index contributed by atoms with van der Waals surface area (Å²) in [6.45, 7) is 2.23. The first-order valence-electron chi connectivity index (χ1n) is 11.3. The van der Waals surface area contributed by atoms with Gasteiger partial charge in [0.15, 0.2) is 5.09 Å². The molecule has 0 unspecified atom stereocenters. The molecule has 3 heterocycles. The highest BCUT2D eigenvalue weighted by Gasteiger charge is 2.37. The first kappa shape index (κ1) is 24.7. The average molecular weight is 585 g/mol. The Morgan fingerprint density at radius 2 is 1.67 bits per heavy atom. The molecule has 0 radical (unpaired) electrons. The van der Waals surface area contributed by atoms with Crippen molar-refractivity contribution in [1.29, 1.82) is 0 Å². The average Bonchev–Trinajstić information content (AvgIpc) is 3.38. The van der Waals surface area contributed by atoms with Crippen molar-refractivity contribution in [3.63, 3.8) is 0 Å². The van der Waals surface area contributed by atoms with E-state index in [1.54, 1.807) is 17.0 Å². The minimum Gasteiger partial charge on any atom is -0.449 e. The molecule has 36 heavy (non-hydrogen) atoms. The van der Waals surface area contributed by atoms with E-state index in [0.717, 1.165) is 31.7 Å². The van der Waals surface area contributed by atoms with Crippen LogP contribution in [0.5, 0.6) is 0 Å². The number of imide groups is 1. The number of amides is 3. The molecule has 2 aromatic carbocycles. The quantitative estimate of drug-likeness (QED) is 0.351. The summed E-state index contributed by atoms with van der Waals surface area (Å²) < 4.78 is 6.64. The number of para-hydroxylation sites is 1. The first-order valence-corrected chi connectivity index (χ1v) is 13.8. The summed E-state index contributed by atoms with van der Waals surface area (Å²) in [5, 5.41) is 0.198. The molecule has 2 aliphatic rings. The maximum Gasteiger partial charge on any atom is 0.294 e. The summed E-state index contributed by atoms with van der Waals surface area (Å²) in [6.07, 6.45) is 1.55. The van der Waals surface area contributed by atoms with Crippen LogP contribution in [0.4, 0.5) is 10.5 Å². The third kappa shape index (κ3) is 5.55. The van der Waals surface area contributed by atoms with E-state index < -0.39 is 11.1 Å². The number of hydrogen-bond donors (Lipinski definition) is 0. The number of halogens is 1. The van der Waals surface area contributed by atoms with E-state index in [2.05, 4.69) is 20.8 Å². The van der Waals surface area contributed by atoms with Crippen LogP contribution >= 0.6 is 39.5 Å². The van der Waals surface area contributed by atoms with Crippen LogP contribution in [0, 0.1) is 0 Å². The molecule has 3 amide bonds. The van der Waals surface area contributed by atoms with Gasteiger partial charge in [-0.3, -0.25) is 19.3 Å². The SMILES string of the molecule is O=C(CN1C(=O)S/C(=C/c2cc(Br)c(Sc3ccccc3)o2)C1=O)N1CCN(c2ccccc2)CC1. The largest absolute Gasteiger partial charge is 0.449 e. The third-order valence-electron chi connectivity index (χ3n) is 5.82. The van der Waals surface area contributed by atoms with Crippen molar-refractivity contribution in [3.05, 3.63) is 81.9 Å². The van der Waals surface area contributed by atoms with Gasteiger partial charge in [-0.15, -0.1) is 0 Å². The molecule has 0 atom stereocenters. The van der Waals surface area contributed by atoms with Gasteiger partial charge in [-0.25, -0.2) is 0 Å². The van der Waals surface area contributed by atoms with Crippen molar-refractivity contribution in [1.82, 2.24) is 9.80 Å². The maximum atomic E-state index is 12.9. The fraction of sp³-hybridized carbons (Fsp3) is 0.192. The summed E-state index contributed by atoms with van der Waals surface area (Å²) >= 11 is 5.76. The second-order valence-corrected chi connectivity index (χ2v) is 11.1. The fourth-order valence-corrected chi connectivity index (χ4v) is 6.13. The van der Waals surface area contributed by atoms with Crippen molar-refractivity contribution in [2.75, 3.05) is 37.6 Å². The molecular formula is C26H22BrN3O4S2. The fourth-order valence-electron chi connectivity index (χ4n) is 3.96. The topological polar surface area (TPSA) is 74.1 Å². The number of carbonyl (C=O) groups excluding carboxylic acids is 3. The Labute approximate surface area is 225 Å². The van der Waals surface area contributed by atoms with Crippen LogP contribution in [0.25, 0.3) is 6.08 Å². The summed E-state index contributed by atoms with van der Waals surface area (Å²) in [5.74, 6) is -0.256. The molecule has 2 aliphatic heterocycles. The highest BCUT2D eigenvalue weighted by molar-refractivity contribution is 9.10. The van der Waals surface area contributed by atoms with Crippen molar-refractivity contribution in [2.24, 2.45) is 0 Å². The molecule has 0 bridgehead atoms. The highest BCUT2D eigenvalue weighted by atomic mass is 79.9. The van der Waals surface area contributed by atoms with Gasteiger partial charge in [0.25, 0.3) is 11.1 Å². The van der Waals surface area contributed by atoms with Gasteiger partial charge in [-0.1, -0.05) is 48.2 Å². The summed E-state index contributed by atoms with van der Waals surface area (Å²) in [5.41, 5.74) is 1.12. The van der Waals surface area contributed by atoms with E-state index >= 15 is 0 Å². The molecule has 2 saturated heterocycles. The lowest BCUT2D eigenvalue weighted by molar-refractivity contribution is -0.136. The van der Waals surface area contributed by atoms with E-state index in [1.165, 1.54) is 11.8 Å². The smallest absolute Gasteiger partial charge is 0.294 e. The predicted octanol–water partition coefficient (Wildman–Crippen LogP) is 5.58. The molecule has 0 aliphatic carbocycles. The van der Waals surface area contributed by atoms with Crippen LogP contribution in [0.15, 0.2) is 90.5 Å². The van der Waals surface area contributed by atoms with E-state index in [1.807, 2.05) is 60.7 Å². The number of rotatable bonds is 6. The molecule has 0 spiro atoms. The Balaban J connectivity index is 1.20. The number of nitrogens with zero attached hydrogens (tertiary/aromatic N) is 3. The van der Waals surface area contributed by atoms with E-state index in [9.17, 15) is 14.4 Å². The van der Waals surface area contributed by atoms with Crippen LogP contribution in [0.2, 0.25) is 0 Å². The van der Waals surface area contributed by atoms with E-state index in [-0.39, 0.29) is 17.4 Å². The standard InChI is InChI=1S/C26H22BrN3O4S2/c27-21-15-19(34-25(21)35-20-9-5-2-6-10-20)16-22-24(32)30(26(33)36-22)17-23(31)29-13-11-28(12-14-29)18-7-3-1-4-8-18/h1-10,15-16H,11-14,17H2/b22-16+. The predicted molar refractivity (Wildman–Crippen MR) is 145 cm³/mol. The summed E-state index contributed by atoms with van der Waals surface area (Å²) in [4.78, 5) is 44.6. The van der Waals surface area contributed by atoms with Crippen LogP contribution in [-0.2, 0) is 9.59 Å². The van der Waals surface area contributed by atoms with Crippen LogP contribution < -0.4 is 4.90 Å². The molecule has 5 rings (SSSR count). The second kappa shape index (κ2) is 11.0. The van der Waals surface area contributed by atoms with Gasteiger partial charge < -0.3 is 14.2 Å². The number of carbonyl (C=O) groups is 3. The van der Waals surface area contributed by atoms with E-state index in [0.29, 0.717) is 37.0 Å². The highest BCUT2D eigenvalue weighted by Crippen LogP contribution is 2.38. The lowest BCUT2D eigenvalue weighted by Crippen LogP contribution is -2.51. The molecule has 1 aromatic heterocycles. The Morgan fingerprint density at radius 3 is 2.36 bits per heavy atom. The Kier molecular flexibility index (Phi) is 7.54. The number of anilines is 1. The molecule has 0 N–H and O–H groups in total. The third-order valence-corrected chi connectivity index (χ3v) is 8.58. The Bertz CT molecular complexity index is 1310. The molecule has 7 nitrogen and oxygen atoms in total. The second-order valence-electron chi connectivity index (χ2n) is 8.17. The van der Waals surface area contributed by atoms with Gasteiger partial charge in [0.05, 0.1) is 9.38 Å². The lowest BCUT2D eigenvalue weighted by Gasteiger charge is -2.36. The zero-order valence-electron chi connectivity index (χ0n) is 19.1. The summed E-state index contributed by atoms with van der Waals surface area (Å²) in [7, 11) is 0. The monoisotopic (exact) mass is 583 g/mol. The zero-order valence-corrected chi connectivity index (χ0v) is 22.4. The normalized spacial score (nSPS) is 17.4. The minimum absolute atomic E-state index is 0.228. The molecule has 0 saturated carbocycles. The van der Waals surface area contributed by atoms with Crippen LogP contribution in [-0.4, -0.2) is 59.6 Å². The molecule has 2 fully saturated rings. The molecular weight excluding hydrogens is 562 g/mol. The summed E-state index contributed by atoms with van der Waals surface area (Å²) in [6, 6.07) is 21.6. The van der Waals surface area contributed by atoms with E-state index in [4.69, 9.17) is 4.42 Å². The molecule has 10 heteroatoms. The van der Waals surface area contributed by atoms with Gasteiger partial charge in [-0.05, 0) is 58.0 Å². The van der Waals surface area contributed by atoms with Crippen molar-refractivity contribution in [3.8, 4) is 0 Å². The van der Waals surface area contributed by atoms with Gasteiger partial charge in [0, 0.05) is 42.8 Å². The Hall–Kier alpha value is -2.95. The lowest BCUT2D eigenvalue weighted by atomic mass is 10.2. The molecule has 3 aromatic rings. The Morgan fingerprint density at radius 1 is 1.00 bits per heavy atom. The van der Waals surface area contributed by atoms with Crippen LogP contribution in [0.3, 0.4) is 0 Å². The molecule has 184 valence electrons. The van der Waals surface area contributed by atoms with Crippen molar-refractivity contribution < 1.29 is 18.8 Å². The number of hydrogen-bond acceptors (Lipinski definition) is 7. The van der Waals surface area contributed by atoms with Gasteiger partial charge in [0.1, 0.15) is 12.3 Å². The zero-order chi connectivity index (χ0) is 25.1. The van der Waals surface area contributed by atoms with Crippen molar-refractivity contribution >= 4 is 68.3 Å². The number of piperazine rings is 1. The number of furan rings is 1. The minimum atomic E-state index is -0.481. The van der Waals surface area contributed by atoms with Crippen LogP contribution in [0.1, 0.15) is 5.76 Å². The van der Waals surface area contributed by atoms with Crippen molar-refractivity contribution in [2.45, 2.75) is 9.99 Å². The maximum absolute atomic E-state index is 12.9. The number of benzene rings is 2. The van der Waals surface area contributed by atoms with Gasteiger partial charge >= 0.3 is 0 Å². The van der Waals surface area contributed by atoms with Gasteiger partial charge in [-0.2, -0.15) is 0 Å². The number of thioether (sulfide) groups is 1. The first-order chi connectivity index (χ1) is 17.5. The van der Waals surface area contributed by atoms with Gasteiger partial charge in [0.2, 0.25) is 5.91 Å².